The monoisotopic (exact) mass is 581 g/mol. The Balaban J connectivity index is 1.37. The molecule has 0 spiro atoms. The zero-order valence-electron chi connectivity index (χ0n) is 28.9. The van der Waals surface area contributed by atoms with Crippen LogP contribution < -0.4 is 0 Å². The smallest absolute Gasteiger partial charge is 0.0598 e. The van der Waals surface area contributed by atoms with E-state index < -0.39 is 8.07 Å². The van der Waals surface area contributed by atoms with Gasteiger partial charge < -0.3 is 4.74 Å². The van der Waals surface area contributed by atoms with Crippen molar-refractivity contribution in [3.63, 3.8) is 0 Å². The molecule has 1 aromatic rings. The molecule has 234 valence electrons. The first-order valence-electron chi connectivity index (χ1n) is 18.1. The molecule has 3 aliphatic rings. The molecular weight excluding hydrogens is 513 g/mol. The van der Waals surface area contributed by atoms with Gasteiger partial charge >= 0.3 is 0 Å². The Morgan fingerprint density at radius 1 is 0.780 bits per heavy atom. The second kappa shape index (κ2) is 14.0. The summed E-state index contributed by atoms with van der Waals surface area (Å²) >= 11 is 0. The molecule has 41 heavy (non-hydrogen) atoms. The molecule has 1 nitrogen and oxygen atoms in total. The zero-order chi connectivity index (χ0) is 29.8. The van der Waals surface area contributed by atoms with Crippen molar-refractivity contribution in [3.05, 3.63) is 35.4 Å². The maximum atomic E-state index is 5.93. The van der Waals surface area contributed by atoms with E-state index in [0.29, 0.717) is 0 Å². The third kappa shape index (κ3) is 7.92. The summed E-state index contributed by atoms with van der Waals surface area (Å²) in [7, 11) is -1.35. The lowest BCUT2D eigenvalue weighted by Gasteiger charge is -2.48. The lowest BCUT2D eigenvalue weighted by molar-refractivity contribution is -0.00476. The van der Waals surface area contributed by atoms with Crippen molar-refractivity contribution in [3.8, 4) is 0 Å². The van der Waals surface area contributed by atoms with Crippen LogP contribution >= 0.6 is 0 Å². The van der Waals surface area contributed by atoms with Crippen LogP contribution in [0, 0.1) is 23.7 Å². The van der Waals surface area contributed by atoms with Crippen molar-refractivity contribution < 1.29 is 4.74 Å². The standard InChI is InChI=1S/C39H68OSi/c1-10-41(11-2,33-25-20-30(28-33)17-14-12-13-15-26-40-39(7,8)9)37-29(3)27-36-34(18-16-19-35(36)37)31-21-23-32(24-22-31)38(4,5)6/h21-24,29-30,33-37H,10-20,25-28H2,1-9H3. The Labute approximate surface area is 257 Å². The predicted molar refractivity (Wildman–Crippen MR) is 183 cm³/mol. The molecule has 0 bridgehead atoms. The van der Waals surface area contributed by atoms with Gasteiger partial charge in [-0.25, -0.2) is 0 Å². The molecule has 0 radical (unpaired) electrons. The summed E-state index contributed by atoms with van der Waals surface area (Å²) in [6.07, 6.45) is 17.5. The van der Waals surface area contributed by atoms with E-state index in [-0.39, 0.29) is 11.0 Å². The van der Waals surface area contributed by atoms with Crippen molar-refractivity contribution in [2.75, 3.05) is 6.61 Å². The fraction of sp³-hybridized carbons (Fsp3) is 0.846. The van der Waals surface area contributed by atoms with Gasteiger partial charge in [0, 0.05) is 6.61 Å². The van der Waals surface area contributed by atoms with Crippen molar-refractivity contribution in [1.82, 2.24) is 0 Å². The quantitative estimate of drug-likeness (QED) is 0.176. The SMILES string of the molecule is CC[Si](CC)(C1CCC(CCCCCCOC(C)(C)C)C1)C1C(C)CC2C(c3ccc(C(C)(C)C)cc3)CCCC21. The van der Waals surface area contributed by atoms with Gasteiger partial charge in [0.15, 0.2) is 0 Å². The number of rotatable bonds is 12. The molecule has 1 aromatic carbocycles. The van der Waals surface area contributed by atoms with Crippen LogP contribution in [-0.2, 0) is 10.2 Å². The molecule has 0 aromatic heterocycles. The van der Waals surface area contributed by atoms with E-state index in [1.165, 1.54) is 81.9 Å². The topological polar surface area (TPSA) is 9.23 Å². The summed E-state index contributed by atoms with van der Waals surface area (Å²) in [4.78, 5) is 0. The van der Waals surface area contributed by atoms with E-state index in [1.54, 1.807) is 18.4 Å². The lowest BCUT2D eigenvalue weighted by Crippen LogP contribution is -2.47. The van der Waals surface area contributed by atoms with Crippen LogP contribution in [0.4, 0.5) is 0 Å². The van der Waals surface area contributed by atoms with Crippen LogP contribution in [0.1, 0.15) is 156 Å². The van der Waals surface area contributed by atoms with Gasteiger partial charge in [-0.15, -0.1) is 0 Å². The molecular formula is C39H68OSi. The summed E-state index contributed by atoms with van der Waals surface area (Å²) in [5.74, 6) is 4.71. The number of hydrogen-bond donors (Lipinski definition) is 0. The van der Waals surface area contributed by atoms with Gasteiger partial charge in [0.2, 0.25) is 0 Å². The van der Waals surface area contributed by atoms with Gasteiger partial charge in [0.25, 0.3) is 0 Å². The van der Waals surface area contributed by atoms with Crippen molar-refractivity contribution >= 4 is 8.07 Å². The molecule has 0 saturated heterocycles. The van der Waals surface area contributed by atoms with Crippen LogP contribution in [0.5, 0.6) is 0 Å². The third-order valence-corrected chi connectivity index (χ3v) is 19.5. The summed E-state index contributed by atoms with van der Waals surface area (Å²) < 4.78 is 5.93. The highest BCUT2D eigenvalue weighted by Crippen LogP contribution is 2.65. The van der Waals surface area contributed by atoms with E-state index >= 15 is 0 Å². The average molecular weight is 581 g/mol. The molecule has 0 aliphatic heterocycles. The Kier molecular flexibility index (Phi) is 11.4. The van der Waals surface area contributed by atoms with Crippen LogP contribution in [-0.4, -0.2) is 20.3 Å². The van der Waals surface area contributed by atoms with Crippen LogP contribution in [0.2, 0.25) is 23.2 Å². The van der Waals surface area contributed by atoms with E-state index in [4.69, 9.17) is 4.74 Å². The molecule has 2 heteroatoms. The number of unbranched alkanes of at least 4 members (excludes halogenated alkanes) is 3. The predicted octanol–water partition coefficient (Wildman–Crippen LogP) is 12.3. The minimum atomic E-state index is -1.35. The highest BCUT2D eigenvalue weighted by atomic mass is 28.3. The summed E-state index contributed by atoms with van der Waals surface area (Å²) in [5, 5.41) is 0. The average Bonchev–Trinajstić information content (AvgIpc) is 3.53. The summed E-state index contributed by atoms with van der Waals surface area (Å²) in [6, 6.07) is 13.0. The molecule has 3 saturated carbocycles. The van der Waals surface area contributed by atoms with Gasteiger partial charge in [-0.3, -0.25) is 0 Å². The Bertz CT molecular complexity index is 916. The van der Waals surface area contributed by atoms with Gasteiger partial charge in [0.1, 0.15) is 0 Å². The van der Waals surface area contributed by atoms with E-state index in [1.807, 2.05) is 0 Å². The fourth-order valence-corrected chi connectivity index (χ4v) is 17.6. The molecule has 0 N–H and O–H groups in total. The second-order valence-corrected chi connectivity index (χ2v) is 22.3. The molecule has 4 rings (SSSR count). The van der Waals surface area contributed by atoms with Crippen LogP contribution in [0.25, 0.3) is 0 Å². The highest BCUT2D eigenvalue weighted by Gasteiger charge is 2.57. The highest BCUT2D eigenvalue weighted by molar-refractivity contribution is 6.82. The van der Waals surface area contributed by atoms with Crippen molar-refractivity contribution in [1.29, 1.82) is 0 Å². The van der Waals surface area contributed by atoms with Crippen LogP contribution in [0.15, 0.2) is 24.3 Å². The second-order valence-electron chi connectivity index (χ2n) is 17.0. The molecule has 3 aliphatic carbocycles. The van der Waals surface area contributed by atoms with Gasteiger partial charge in [0.05, 0.1) is 13.7 Å². The third-order valence-electron chi connectivity index (χ3n) is 12.4. The largest absolute Gasteiger partial charge is 0.376 e. The summed E-state index contributed by atoms with van der Waals surface area (Å²) in [6.45, 7) is 22.5. The first kappa shape index (κ1) is 33.3. The zero-order valence-corrected chi connectivity index (χ0v) is 29.9. The van der Waals surface area contributed by atoms with E-state index in [9.17, 15) is 0 Å². The minimum Gasteiger partial charge on any atom is -0.376 e. The number of hydrogen-bond acceptors (Lipinski definition) is 1. The number of ether oxygens (including phenoxy) is 1. The molecule has 7 atom stereocenters. The van der Waals surface area contributed by atoms with Gasteiger partial charge in [-0.1, -0.05) is 129 Å². The maximum absolute atomic E-state index is 5.93. The number of benzene rings is 1. The Morgan fingerprint density at radius 2 is 1.46 bits per heavy atom. The van der Waals surface area contributed by atoms with Crippen LogP contribution in [0.3, 0.4) is 0 Å². The number of fused-ring (bicyclic) bond motifs is 1. The molecule has 7 unspecified atom stereocenters. The molecule has 0 heterocycles. The lowest BCUT2D eigenvalue weighted by atomic mass is 9.70. The van der Waals surface area contributed by atoms with Gasteiger partial charge in [-0.2, -0.15) is 0 Å². The minimum absolute atomic E-state index is 0.0148. The van der Waals surface area contributed by atoms with Crippen molar-refractivity contribution in [2.24, 2.45) is 23.7 Å². The van der Waals surface area contributed by atoms with E-state index in [0.717, 1.165) is 47.3 Å². The Hall–Kier alpha value is -0.603. The Morgan fingerprint density at radius 3 is 2.10 bits per heavy atom. The first-order valence-corrected chi connectivity index (χ1v) is 20.7. The van der Waals surface area contributed by atoms with Crippen molar-refractivity contribution in [2.45, 2.75) is 179 Å². The first-order chi connectivity index (χ1) is 19.4. The van der Waals surface area contributed by atoms with E-state index in [2.05, 4.69) is 86.6 Å². The molecule has 3 fully saturated rings. The fourth-order valence-electron chi connectivity index (χ4n) is 10.4. The molecule has 0 amide bonds. The summed E-state index contributed by atoms with van der Waals surface area (Å²) in [5.41, 5.74) is 5.58. The normalized spacial score (nSPS) is 31.0. The maximum Gasteiger partial charge on any atom is 0.0598 e. The van der Waals surface area contributed by atoms with Gasteiger partial charge in [-0.05, 0) is 104 Å².